The Kier molecular flexibility index (Phi) is 5.44. The van der Waals surface area contributed by atoms with Crippen LogP contribution in [-0.2, 0) is 0 Å². The van der Waals surface area contributed by atoms with Gasteiger partial charge in [-0.25, -0.2) is 13.8 Å². The molecule has 11 heteroatoms. The first-order chi connectivity index (χ1) is 15.4. The van der Waals surface area contributed by atoms with E-state index in [4.69, 9.17) is 10.8 Å². The first-order valence-electron chi connectivity index (χ1n) is 10.9. The zero-order valence-electron chi connectivity index (χ0n) is 17.5. The van der Waals surface area contributed by atoms with E-state index in [1.807, 2.05) is 11.0 Å². The Balaban J connectivity index is 1.25. The highest BCUT2D eigenvalue weighted by molar-refractivity contribution is 5.54. The molecule has 5 rings (SSSR count). The lowest BCUT2D eigenvalue weighted by Crippen LogP contribution is -2.58. The number of nitrogens with zero attached hydrogens (tertiary/aromatic N) is 5. The minimum Gasteiger partial charge on any atom is -0.394 e. The molecule has 3 aliphatic rings. The maximum Gasteiger partial charge on any atom is 0.255 e. The van der Waals surface area contributed by atoms with Gasteiger partial charge in [-0.2, -0.15) is 4.98 Å². The molecule has 2 unspecified atom stereocenters. The summed E-state index contributed by atoms with van der Waals surface area (Å²) in [5, 5.41) is 22.8. The Morgan fingerprint density at radius 3 is 2.50 bits per heavy atom. The van der Waals surface area contributed by atoms with Gasteiger partial charge in [0, 0.05) is 37.8 Å². The topological polar surface area (TPSA) is 124 Å². The molecule has 5 N–H and O–H groups in total. The first-order valence-corrected chi connectivity index (χ1v) is 10.9. The summed E-state index contributed by atoms with van der Waals surface area (Å²) in [6, 6.07) is 4.88. The number of hydrogen-bond donors (Lipinski definition) is 4. The van der Waals surface area contributed by atoms with Crippen molar-refractivity contribution in [2.45, 2.75) is 49.5 Å². The average molecular weight is 447 g/mol. The number of nitrogens with one attached hydrogen (secondary N) is 1. The summed E-state index contributed by atoms with van der Waals surface area (Å²) in [6.07, 6.45) is 3.72. The Morgan fingerprint density at radius 2 is 1.91 bits per heavy atom. The Labute approximate surface area is 184 Å². The van der Waals surface area contributed by atoms with Crippen molar-refractivity contribution in [1.29, 1.82) is 0 Å². The normalized spacial score (nSPS) is 28.4. The molecule has 4 heterocycles. The zero-order valence-corrected chi connectivity index (χ0v) is 17.5. The van der Waals surface area contributed by atoms with Gasteiger partial charge in [0.1, 0.15) is 12.0 Å². The van der Waals surface area contributed by atoms with Crippen molar-refractivity contribution in [3.8, 4) is 0 Å². The van der Waals surface area contributed by atoms with Gasteiger partial charge in [0.2, 0.25) is 5.95 Å². The summed E-state index contributed by atoms with van der Waals surface area (Å²) >= 11 is 0. The highest BCUT2D eigenvalue weighted by atomic mass is 19.3. The van der Waals surface area contributed by atoms with E-state index in [1.54, 1.807) is 24.5 Å². The largest absolute Gasteiger partial charge is 0.394 e. The van der Waals surface area contributed by atoms with Gasteiger partial charge >= 0.3 is 0 Å². The lowest BCUT2D eigenvalue weighted by atomic mass is 10.1. The number of halogens is 2. The minimum absolute atomic E-state index is 0.0269. The summed E-state index contributed by atoms with van der Waals surface area (Å²) in [5.41, 5.74) is 7.05. The van der Waals surface area contributed by atoms with Crippen LogP contribution in [0.2, 0.25) is 0 Å². The van der Waals surface area contributed by atoms with Crippen LogP contribution >= 0.6 is 0 Å². The van der Waals surface area contributed by atoms with Crippen LogP contribution in [0.3, 0.4) is 0 Å². The van der Waals surface area contributed by atoms with Crippen molar-refractivity contribution in [2.75, 3.05) is 29.9 Å². The Hall–Kier alpha value is -2.47. The second kappa shape index (κ2) is 8.14. The summed E-state index contributed by atoms with van der Waals surface area (Å²) in [6.45, 7) is 1.06. The molecular formula is C21H27F2N7O2. The fraction of sp³-hybridized carbons (Fsp3) is 0.571. The van der Waals surface area contributed by atoms with Crippen molar-refractivity contribution >= 4 is 17.5 Å². The molecule has 2 aromatic rings. The molecule has 2 aliphatic heterocycles. The predicted octanol–water partition coefficient (Wildman–Crippen LogP) is 1.23. The monoisotopic (exact) mass is 447 g/mol. The molecule has 0 aromatic carbocycles. The zero-order chi connectivity index (χ0) is 22.5. The number of nitrogens with two attached hydrogens (primary N) is 1. The number of aromatic nitrogens is 3. The van der Waals surface area contributed by atoms with Crippen molar-refractivity contribution in [3.63, 3.8) is 0 Å². The number of aliphatic hydroxyl groups excluding tert-OH is 2. The van der Waals surface area contributed by atoms with Crippen LogP contribution in [-0.4, -0.2) is 74.0 Å². The highest BCUT2D eigenvalue weighted by Crippen LogP contribution is 2.53. The summed E-state index contributed by atoms with van der Waals surface area (Å²) in [7, 11) is 0. The van der Waals surface area contributed by atoms with E-state index in [9.17, 15) is 13.9 Å². The SMILES string of the molecule is N[C@H](CO)c1ccc(Nc2nccc(N3C[C@H]4CC[C@@H](C3)N4C(O)C3CC3(F)F)n2)cn1. The van der Waals surface area contributed by atoms with E-state index in [0.29, 0.717) is 30.4 Å². The van der Waals surface area contributed by atoms with E-state index in [1.165, 1.54) is 0 Å². The molecule has 0 amide bonds. The van der Waals surface area contributed by atoms with Crippen LogP contribution in [0.15, 0.2) is 30.6 Å². The molecule has 0 spiro atoms. The summed E-state index contributed by atoms with van der Waals surface area (Å²) in [5.74, 6) is -2.52. The molecule has 9 nitrogen and oxygen atoms in total. The molecule has 2 aromatic heterocycles. The maximum atomic E-state index is 13.5. The molecule has 0 radical (unpaired) electrons. The number of rotatable bonds is 7. The average Bonchev–Trinajstić information content (AvgIpc) is 3.36. The molecule has 3 fully saturated rings. The third-order valence-corrected chi connectivity index (χ3v) is 6.66. The standard InChI is InChI=1S/C21H27F2N7O2/c22-21(23)7-15(21)19(32)30-13-2-3-14(30)10-29(9-13)18-5-6-25-20(28-18)27-12-1-4-17(26-8-12)16(24)11-31/h1,4-6,8,13-16,19,31-32H,2-3,7,9-11,24H2,(H,25,27,28)/t13-,14+,15?,16-,19?/m1/s1. The fourth-order valence-electron chi connectivity index (χ4n) is 4.83. The van der Waals surface area contributed by atoms with Gasteiger partial charge in [0.05, 0.1) is 36.1 Å². The molecule has 32 heavy (non-hydrogen) atoms. The third-order valence-electron chi connectivity index (χ3n) is 6.66. The predicted molar refractivity (Wildman–Crippen MR) is 113 cm³/mol. The maximum absolute atomic E-state index is 13.5. The highest BCUT2D eigenvalue weighted by Gasteiger charge is 2.63. The van der Waals surface area contributed by atoms with Crippen molar-refractivity contribution in [3.05, 3.63) is 36.3 Å². The number of pyridine rings is 1. The Bertz CT molecular complexity index is 949. The summed E-state index contributed by atoms with van der Waals surface area (Å²) < 4.78 is 27.0. The van der Waals surface area contributed by atoms with E-state index in [-0.39, 0.29) is 25.1 Å². The lowest BCUT2D eigenvalue weighted by molar-refractivity contribution is -0.0734. The second-order valence-corrected chi connectivity index (χ2v) is 8.85. The van der Waals surface area contributed by atoms with Crippen LogP contribution in [0.4, 0.5) is 26.2 Å². The van der Waals surface area contributed by atoms with Gasteiger partial charge in [0.25, 0.3) is 5.92 Å². The van der Waals surface area contributed by atoms with Gasteiger partial charge in [-0.1, -0.05) is 0 Å². The number of hydrogen-bond acceptors (Lipinski definition) is 9. The second-order valence-electron chi connectivity index (χ2n) is 8.85. The summed E-state index contributed by atoms with van der Waals surface area (Å²) in [4.78, 5) is 17.2. The van der Waals surface area contributed by atoms with Crippen molar-refractivity contribution in [2.24, 2.45) is 11.7 Å². The molecule has 172 valence electrons. The molecule has 1 saturated carbocycles. The van der Waals surface area contributed by atoms with Crippen molar-refractivity contribution < 1.29 is 19.0 Å². The number of aliphatic hydroxyl groups is 2. The number of alkyl halides is 2. The molecule has 2 saturated heterocycles. The van der Waals surface area contributed by atoms with Crippen LogP contribution in [0.25, 0.3) is 0 Å². The Morgan fingerprint density at radius 1 is 1.19 bits per heavy atom. The quantitative estimate of drug-likeness (QED) is 0.496. The van der Waals surface area contributed by atoms with E-state index in [0.717, 1.165) is 18.7 Å². The number of fused-ring (bicyclic) bond motifs is 2. The van der Waals surface area contributed by atoms with Gasteiger partial charge in [-0.05, 0) is 31.0 Å². The van der Waals surface area contributed by atoms with Gasteiger partial charge in [-0.3, -0.25) is 9.88 Å². The van der Waals surface area contributed by atoms with E-state index >= 15 is 0 Å². The number of anilines is 3. The van der Waals surface area contributed by atoms with E-state index < -0.39 is 24.1 Å². The van der Waals surface area contributed by atoms with Crippen LogP contribution in [0, 0.1) is 5.92 Å². The number of piperazine rings is 1. The fourth-order valence-corrected chi connectivity index (χ4v) is 4.83. The minimum atomic E-state index is -2.74. The smallest absolute Gasteiger partial charge is 0.255 e. The lowest BCUT2D eigenvalue weighted by Gasteiger charge is -2.43. The third kappa shape index (κ3) is 4.01. The van der Waals surface area contributed by atoms with Gasteiger partial charge in [-0.15, -0.1) is 0 Å². The van der Waals surface area contributed by atoms with Crippen LogP contribution < -0.4 is 16.0 Å². The molecule has 1 aliphatic carbocycles. The molecule has 5 atom stereocenters. The molecular weight excluding hydrogens is 420 g/mol. The van der Waals surface area contributed by atoms with Gasteiger partial charge in [0.15, 0.2) is 0 Å². The van der Waals surface area contributed by atoms with Gasteiger partial charge < -0.3 is 26.2 Å². The van der Waals surface area contributed by atoms with Crippen molar-refractivity contribution in [1.82, 2.24) is 19.9 Å². The van der Waals surface area contributed by atoms with E-state index in [2.05, 4.69) is 25.2 Å². The molecule has 2 bridgehead atoms. The first kappa shape index (κ1) is 21.4. The van der Waals surface area contributed by atoms with Crippen LogP contribution in [0.5, 0.6) is 0 Å². The van der Waals surface area contributed by atoms with Crippen LogP contribution in [0.1, 0.15) is 31.0 Å².